The van der Waals surface area contributed by atoms with Crippen LogP contribution in [0.5, 0.6) is 0 Å². The van der Waals surface area contributed by atoms with E-state index in [1.807, 2.05) is 18.2 Å². The number of halogens is 2. The number of hydrogen-bond acceptors (Lipinski definition) is 3. The highest BCUT2D eigenvalue weighted by Gasteiger charge is 2.16. The fraction of sp³-hybridized carbons (Fsp3) is 0.208. The van der Waals surface area contributed by atoms with Crippen molar-refractivity contribution in [3.05, 3.63) is 76.6 Å². The number of benzene rings is 3. The molecule has 0 unspecified atom stereocenters. The number of aromatic nitrogens is 2. The topological polar surface area (TPSA) is 74.8 Å². The summed E-state index contributed by atoms with van der Waals surface area (Å²) in [5, 5.41) is 0.493. The second kappa shape index (κ2) is 8.65. The molecule has 0 atom stereocenters. The number of H-pyrrole nitrogens is 1. The fourth-order valence-electron chi connectivity index (χ4n) is 3.51. The molecule has 0 fully saturated rings. The first-order valence-corrected chi connectivity index (χ1v) is 11.6. The summed E-state index contributed by atoms with van der Waals surface area (Å²) >= 11 is 6.57. The van der Waals surface area contributed by atoms with E-state index in [0.29, 0.717) is 16.4 Å². The van der Waals surface area contributed by atoms with E-state index in [4.69, 9.17) is 11.6 Å². The van der Waals surface area contributed by atoms with E-state index >= 15 is 0 Å². The summed E-state index contributed by atoms with van der Waals surface area (Å²) in [5.41, 5.74) is 5.47. The van der Waals surface area contributed by atoms with Gasteiger partial charge in [0.05, 0.1) is 16.1 Å². The van der Waals surface area contributed by atoms with Gasteiger partial charge in [0, 0.05) is 17.7 Å². The summed E-state index contributed by atoms with van der Waals surface area (Å²) in [7, 11) is -2.78. The molecule has 4 rings (SSSR count). The molecule has 0 bridgehead atoms. The third kappa shape index (κ3) is 4.70. The van der Waals surface area contributed by atoms with Crippen LogP contribution in [0, 0.1) is 5.82 Å². The van der Waals surface area contributed by atoms with E-state index in [1.54, 1.807) is 18.2 Å². The van der Waals surface area contributed by atoms with Gasteiger partial charge in [0.15, 0.2) is 0 Å². The van der Waals surface area contributed by atoms with Gasteiger partial charge in [0.2, 0.25) is 10.9 Å². The van der Waals surface area contributed by atoms with Crippen LogP contribution in [0.2, 0.25) is 5.02 Å². The Balaban J connectivity index is 1.64. The lowest BCUT2D eigenvalue weighted by Gasteiger charge is -2.18. The normalized spacial score (nSPS) is 12.1. The van der Waals surface area contributed by atoms with Gasteiger partial charge < -0.3 is 4.98 Å². The van der Waals surface area contributed by atoms with Gasteiger partial charge in [-0.3, -0.25) is 0 Å². The highest BCUT2D eigenvalue weighted by molar-refractivity contribution is 7.70. The number of aromatic amines is 1. The summed E-state index contributed by atoms with van der Waals surface area (Å²) in [4.78, 5) is 8.03. The molecule has 0 saturated carbocycles. The van der Waals surface area contributed by atoms with E-state index in [2.05, 4.69) is 47.6 Å². The molecule has 3 aromatic carbocycles. The Bertz CT molecular complexity index is 1380. The highest BCUT2D eigenvalue weighted by Crippen LogP contribution is 2.33. The van der Waals surface area contributed by atoms with Gasteiger partial charge in [0.1, 0.15) is 11.6 Å². The molecule has 166 valence electrons. The summed E-state index contributed by atoms with van der Waals surface area (Å²) in [6, 6.07) is 16.3. The molecule has 0 radical (unpaired) electrons. The quantitative estimate of drug-likeness (QED) is 0.331. The highest BCUT2D eigenvalue weighted by atomic mass is 35.5. The van der Waals surface area contributed by atoms with Gasteiger partial charge in [-0.1, -0.05) is 56.6 Å². The van der Waals surface area contributed by atoms with Gasteiger partial charge >= 0.3 is 0 Å². The number of rotatable bonds is 5. The van der Waals surface area contributed by atoms with Crippen LogP contribution >= 0.6 is 11.6 Å². The van der Waals surface area contributed by atoms with Crippen molar-refractivity contribution in [2.75, 3.05) is 0 Å². The zero-order valence-electron chi connectivity index (χ0n) is 17.9. The third-order valence-electron chi connectivity index (χ3n) is 5.36. The Kier molecular flexibility index (Phi) is 6.07. The molecule has 0 aliphatic heterocycles. The van der Waals surface area contributed by atoms with Gasteiger partial charge in [-0.15, -0.1) is 0 Å². The largest absolute Gasteiger partial charge is 0.338 e. The zero-order valence-corrected chi connectivity index (χ0v) is 19.5. The van der Waals surface area contributed by atoms with Crippen molar-refractivity contribution in [1.29, 1.82) is 0 Å². The number of nitrogens with zero attached hydrogens (tertiary/aromatic N) is 1. The van der Waals surface area contributed by atoms with Crippen LogP contribution < -0.4 is 4.72 Å². The first-order valence-electron chi connectivity index (χ1n) is 10.1. The van der Waals surface area contributed by atoms with E-state index in [0.717, 1.165) is 22.2 Å². The smallest absolute Gasteiger partial charge is 0.201 e. The number of fused-ring (bicyclic) bond motifs is 1. The molecule has 4 aromatic rings. The summed E-state index contributed by atoms with van der Waals surface area (Å²) in [5.74, 6) is 0.181. The van der Waals surface area contributed by atoms with Crippen LogP contribution in [0.4, 0.5) is 4.39 Å². The molecule has 0 aliphatic rings. The molecular weight excluding hydrogens is 449 g/mol. The number of imidazole rings is 1. The monoisotopic (exact) mass is 471 g/mol. The van der Waals surface area contributed by atoms with Crippen molar-refractivity contribution < 1.29 is 12.8 Å². The van der Waals surface area contributed by atoms with Crippen molar-refractivity contribution in [2.45, 2.75) is 32.7 Å². The summed E-state index contributed by atoms with van der Waals surface area (Å²) in [6.07, 6.45) is 0. The lowest BCUT2D eigenvalue weighted by molar-refractivity contribution is 0.589. The number of nitrogens with one attached hydrogen (secondary N) is 2. The predicted molar refractivity (Wildman–Crippen MR) is 128 cm³/mol. The van der Waals surface area contributed by atoms with Crippen molar-refractivity contribution in [3.63, 3.8) is 0 Å². The molecule has 0 aliphatic carbocycles. The minimum Gasteiger partial charge on any atom is -0.338 e. The minimum absolute atomic E-state index is 0.0340. The van der Waals surface area contributed by atoms with Gasteiger partial charge in [-0.25, -0.2) is 22.5 Å². The molecule has 1 heterocycles. The Hall–Kier alpha value is -2.74. The lowest BCUT2D eigenvalue weighted by Crippen LogP contribution is -2.11. The van der Waals surface area contributed by atoms with Crippen molar-refractivity contribution >= 4 is 33.5 Å². The van der Waals surface area contributed by atoms with Crippen LogP contribution in [0.1, 0.15) is 31.9 Å². The Morgan fingerprint density at radius 3 is 2.41 bits per heavy atom. The van der Waals surface area contributed by atoms with Crippen LogP contribution in [0.3, 0.4) is 0 Å². The second-order valence-electron chi connectivity index (χ2n) is 8.66. The maximum Gasteiger partial charge on any atom is 0.201 e. The third-order valence-corrected chi connectivity index (χ3v) is 6.09. The van der Waals surface area contributed by atoms with Crippen LogP contribution in [-0.4, -0.2) is 18.4 Å². The summed E-state index contributed by atoms with van der Waals surface area (Å²) < 4.78 is 37.9. The Morgan fingerprint density at radius 2 is 1.75 bits per heavy atom. The SMILES string of the molecule is CC(C)(C)c1ccc2nc(-c3ccc(-c4ccc(CN[SH](=O)=O)c(F)c4)cc3Cl)[nH]c2c1. The molecule has 8 heteroatoms. The van der Waals surface area contributed by atoms with Crippen molar-refractivity contribution in [2.24, 2.45) is 0 Å². The van der Waals surface area contributed by atoms with Gasteiger partial charge in [-0.2, -0.15) is 0 Å². The molecule has 32 heavy (non-hydrogen) atoms. The predicted octanol–water partition coefficient (Wildman–Crippen LogP) is 5.60. The van der Waals surface area contributed by atoms with Crippen LogP contribution in [0.15, 0.2) is 54.6 Å². The molecule has 0 spiro atoms. The van der Waals surface area contributed by atoms with E-state index in [9.17, 15) is 12.8 Å². The summed E-state index contributed by atoms with van der Waals surface area (Å²) in [6.45, 7) is 6.40. The standard InChI is InChI=1S/C24H23ClFN3O2S/c1-24(2,3)17-7-9-21-22(12-17)29-23(28-21)18-8-6-14(10-19(18)25)15-4-5-16(20(26)11-15)13-27-32(30)31/h4-12,32H,13H2,1-3H3,(H,28,29)(H,27,30,31). The number of thiol groups is 1. The van der Waals surface area contributed by atoms with E-state index in [-0.39, 0.29) is 17.5 Å². The first-order chi connectivity index (χ1) is 15.1. The minimum atomic E-state index is -2.78. The van der Waals surface area contributed by atoms with Gasteiger partial charge in [-0.05, 0) is 52.4 Å². The zero-order chi connectivity index (χ0) is 23.0. The lowest BCUT2D eigenvalue weighted by atomic mass is 9.87. The van der Waals surface area contributed by atoms with E-state index < -0.39 is 16.7 Å². The Morgan fingerprint density at radius 1 is 1.03 bits per heavy atom. The van der Waals surface area contributed by atoms with Crippen LogP contribution in [-0.2, 0) is 22.8 Å². The Labute approximate surface area is 192 Å². The maximum absolute atomic E-state index is 14.4. The molecule has 1 aromatic heterocycles. The molecule has 0 saturated heterocycles. The van der Waals surface area contributed by atoms with Crippen molar-refractivity contribution in [3.8, 4) is 22.5 Å². The average Bonchev–Trinajstić information content (AvgIpc) is 3.15. The maximum atomic E-state index is 14.4. The second-order valence-corrected chi connectivity index (χ2v) is 9.90. The van der Waals surface area contributed by atoms with Gasteiger partial charge in [0.25, 0.3) is 0 Å². The molecule has 5 nitrogen and oxygen atoms in total. The molecule has 2 N–H and O–H groups in total. The van der Waals surface area contributed by atoms with Crippen LogP contribution in [0.25, 0.3) is 33.5 Å². The number of hydrogen-bond donors (Lipinski definition) is 3. The molecular formula is C24H23ClFN3O2S. The molecule has 0 amide bonds. The van der Waals surface area contributed by atoms with Crippen molar-refractivity contribution in [1.82, 2.24) is 14.7 Å². The fourth-order valence-corrected chi connectivity index (χ4v) is 4.08. The average molecular weight is 472 g/mol. The van der Waals surface area contributed by atoms with E-state index in [1.165, 1.54) is 11.6 Å². The first kappa shape index (κ1) is 22.5.